The van der Waals surface area contributed by atoms with E-state index >= 15 is 0 Å². The quantitative estimate of drug-likeness (QED) is 0.0445. The summed E-state index contributed by atoms with van der Waals surface area (Å²) in [4.78, 5) is 81.6. The molecule has 5 atom stereocenters. The molecule has 0 aliphatic rings. The SMILES string of the molecule is CCCCCCCCNC(=O)CC(NC(C)(C)C(=O)CC(N)C(=O)NCCCCCCCC)C(=O)C(C)C(C)NC(CC(C)=O)C(=O)NCCCN(C)CCCNC. The summed E-state index contributed by atoms with van der Waals surface area (Å²) in [7, 11) is 3.97. The number of carbonyl (C=O) groups is 6. The summed E-state index contributed by atoms with van der Waals surface area (Å²) in [6.45, 7) is 16.6. The van der Waals surface area contributed by atoms with E-state index in [1.165, 1.54) is 32.6 Å². The minimum absolute atomic E-state index is 0.0438. The zero-order valence-electron chi connectivity index (χ0n) is 38.1. The van der Waals surface area contributed by atoms with Crippen molar-refractivity contribution < 1.29 is 28.8 Å². The summed E-state index contributed by atoms with van der Waals surface area (Å²) in [5.41, 5.74) is 4.88. The van der Waals surface area contributed by atoms with Gasteiger partial charge in [-0.1, -0.05) is 85.0 Å². The van der Waals surface area contributed by atoms with Crippen molar-refractivity contribution in [3.63, 3.8) is 0 Å². The van der Waals surface area contributed by atoms with E-state index < -0.39 is 41.5 Å². The molecule has 0 fully saturated rings. The van der Waals surface area contributed by atoms with E-state index in [4.69, 9.17) is 5.73 Å². The molecule has 0 radical (unpaired) electrons. The van der Waals surface area contributed by atoms with Crippen LogP contribution < -0.4 is 37.6 Å². The first-order valence-corrected chi connectivity index (χ1v) is 22.5. The highest BCUT2D eigenvalue weighted by molar-refractivity contribution is 5.96. The van der Waals surface area contributed by atoms with Crippen LogP contribution in [0, 0.1) is 5.92 Å². The molecule has 5 unspecified atom stereocenters. The van der Waals surface area contributed by atoms with Gasteiger partial charge in [0.1, 0.15) is 5.78 Å². The number of nitrogens with zero attached hydrogens (tertiary/aromatic N) is 1. The van der Waals surface area contributed by atoms with Gasteiger partial charge < -0.3 is 37.2 Å². The van der Waals surface area contributed by atoms with Crippen molar-refractivity contribution in [3.8, 4) is 0 Å². The van der Waals surface area contributed by atoms with E-state index in [2.05, 4.69) is 50.6 Å². The normalized spacial score (nSPS) is 14.3. The lowest BCUT2D eigenvalue weighted by atomic mass is 9.87. The molecular weight excluding hydrogens is 737 g/mol. The van der Waals surface area contributed by atoms with Gasteiger partial charge in [0.05, 0.1) is 23.7 Å². The lowest BCUT2D eigenvalue weighted by Gasteiger charge is -2.33. The molecule has 0 heterocycles. The Kier molecular flexibility index (Phi) is 31.4. The Balaban J connectivity index is 5.71. The Hall–Kier alpha value is -2.78. The maximum Gasteiger partial charge on any atom is 0.237 e. The second-order valence-electron chi connectivity index (χ2n) is 16.9. The first-order chi connectivity index (χ1) is 27.5. The monoisotopic (exact) mass is 823 g/mol. The van der Waals surface area contributed by atoms with E-state index in [0.717, 1.165) is 83.8 Å². The lowest BCUT2D eigenvalue weighted by molar-refractivity contribution is -0.133. The van der Waals surface area contributed by atoms with Crippen molar-refractivity contribution in [2.45, 2.75) is 187 Å². The standard InChI is InChI=1S/C44H86N8O6/c1-10-12-14-16-18-20-25-47-40(55)32-37(51-44(6,7)39(54)31-36(45)42(57)48-26-21-19-17-15-13-11-2)41(56)34(4)35(5)50-38(30-33(3)53)43(58)49-27-23-29-52(9)28-22-24-46-8/h34-38,46,50-51H,10-32,45H2,1-9H3,(H,47,55)(H,48,57)(H,49,58). The van der Waals surface area contributed by atoms with Crippen molar-refractivity contribution in [1.82, 2.24) is 36.8 Å². The Morgan fingerprint density at radius 3 is 1.69 bits per heavy atom. The number of rotatable bonds is 38. The number of carbonyl (C=O) groups excluding carboxylic acids is 6. The van der Waals surface area contributed by atoms with Crippen LogP contribution in [-0.2, 0) is 28.8 Å². The van der Waals surface area contributed by atoms with Crippen molar-refractivity contribution in [2.75, 3.05) is 53.4 Å². The van der Waals surface area contributed by atoms with Gasteiger partial charge >= 0.3 is 0 Å². The molecule has 3 amide bonds. The lowest BCUT2D eigenvalue weighted by Crippen LogP contribution is -2.59. The third kappa shape index (κ3) is 26.3. The van der Waals surface area contributed by atoms with Gasteiger partial charge in [-0.3, -0.25) is 34.1 Å². The number of amides is 3. The summed E-state index contributed by atoms with van der Waals surface area (Å²) in [6.07, 6.45) is 14.2. The van der Waals surface area contributed by atoms with Gasteiger partial charge in [-0.25, -0.2) is 0 Å². The van der Waals surface area contributed by atoms with Gasteiger partial charge in [0.15, 0.2) is 11.6 Å². The minimum atomic E-state index is -1.30. The maximum absolute atomic E-state index is 14.2. The smallest absolute Gasteiger partial charge is 0.237 e. The average Bonchev–Trinajstić information content (AvgIpc) is 3.17. The Bertz CT molecular complexity index is 1180. The average molecular weight is 823 g/mol. The number of hydrogen-bond donors (Lipinski definition) is 7. The molecule has 0 saturated carbocycles. The number of ketones is 3. The second kappa shape index (κ2) is 33.0. The summed E-state index contributed by atoms with van der Waals surface area (Å²) in [6, 6.07) is -3.51. The fourth-order valence-corrected chi connectivity index (χ4v) is 6.79. The zero-order chi connectivity index (χ0) is 43.9. The van der Waals surface area contributed by atoms with Crippen molar-refractivity contribution in [3.05, 3.63) is 0 Å². The molecule has 58 heavy (non-hydrogen) atoms. The fraction of sp³-hybridized carbons (Fsp3) is 0.864. The van der Waals surface area contributed by atoms with Crippen molar-refractivity contribution in [2.24, 2.45) is 11.7 Å². The van der Waals surface area contributed by atoms with Gasteiger partial charge in [0, 0.05) is 50.9 Å². The summed E-state index contributed by atoms with van der Waals surface area (Å²) in [5.74, 6) is -2.59. The number of hydrogen-bond acceptors (Lipinski definition) is 11. The number of unbranched alkanes of at least 4 members (excludes halogenated alkanes) is 10. The zero-order valence-corrected chi connectivity index (χ0v) is 38.1. The molecule has 8 N–H and O–H groups in total. The Labute approximate surface area is 352 Å². The first-order valence-electron chi connectivity index (χ1n) is 22.5. The topological polar surface area (TPSA) is 204 Å². The Morgan fingerprint density at radius 2 is 1.14 bits per heavy atom. The van der Waals surface area contributed by atoms with E-state index in [1.54, 1.807) is 27.7 Å². The fourth-order valence-electron chi connectivity index (χ4n) is 6.79. The first kappa shape index (κ1) is 55.2. The molecule has 0 aliphatic heterocycles. The van der Waals surface area contributed by atoms with E-state index in [-0.39, 0.29) is 48.4 Å². The van der Waals surface area contributed by atoms with Gasteiger partial charge in [0.2, 0.25) is 17.7 Å². The molecule has 0 saturated heterocycles. The minimum Gasteiger partial charge on any atom is -0.356 e. The molecule has 14 nitrogen and oxygen atoms in total. The number of nitrogens with one attached hydrogen (secondary N) is 6. The maximum atomic E-state index is 14.2. The van der Waals surface area contributed by atoms with Crippen LogP contribution >= 0.6 is 0 Å². The second-order valence-corrected chi connectivity index (χ2v) is 16.9. The molecule has 0 spiro atoms. The molecule has 0 aliphatic carbocycles. The van der Waals surface area contributed by atoms with Crippen LogP contribution in [0.15, 0.2) is 0 Å². The highest BCUT2D eigenvalue weighted by Crippen LogP contribution is 2.17. The number of Topliss-reactive ketones (excluding diaryl/α,β-unsaturated/α-hetero) is 3. The highest BCUT2D eigenvalue weighted by Gasteiger charge is 2.38. The van der Waals surface area contributed by atoms with Crippen LogP contribution in [0.25, 0.3) is 0 Å². The molecule has 0 rings (SSSR count). The van der Waals surface area contributed by atoms with E-state index in [1.807, 2.05) is 14.1 Å². The molecule has 0 aromatic heterocycles. The van der Waals surface area contributed by atoms with Gasteiger partial charge in [-0.15, -0.1) is 0 Å². The van der Waals surface area contributed by atoms with Crippen LogP contribution in [0.1, 0.15) is 158 Å². The molecule has 0 bridgehead atoms. The Morgan fingerprint density at radius 1 is 0.638 bits per heavy atom. The molecule has 0 aromatic carbocycles. The predicted octanol–water partition coefficient (Wildman–Crippen LogP) is 3.93. The van der Waals surface area contributed by atoms with Crippen molar-refractivity contribution in [1.29, 1.82) is 0 Å². The van der Waals surface area contributed by atoms with E-state index in [0.29, 0.717) is 19.6 Å². The molecule has 0 aromatic rings. The summed E-state index contributed by atoms with van der Waals surface area (Å²) >= 11 is 0. The molecular formula is C44H86N8O6. The van der Waals surface area contributed by atoms with Crippen LogP contribution in [0.2, 0.25) is 0 Å². The van der Waals surface area contributed by atoms with Crippen molar-refractivity contribution >= 4 is 35.1 Å². The predicted molar refractivity (Wildman–Crippen MR) is 236 cm³/mol. The van der Waals surface area contributed by atoms with Gasteiger partial charge in [-0.05, 0) is 87.1 Å². The van der Waals surface area contributed by atoms with Crippen LogP contribution in [-0.4, -0.2) is 123 Å². The molecule has 14 heteroatoms. The third-order valence-corrected chi connectivity index (χ3v) is 10.8. The van der Waals surface area contributed by atoms with Gasteiger partial charge in [0.25, 0.3) is 0 Å². The summed E-state index contributed by atoms with van der Waals surface area (Å²) < 4.78 is 0. The van der Waals surface area contributed by atoms with Crippen LogP contribution in [0.3, 0.4) is 0 Å². The van der Waals surface area contributed by atoms with Crippen LogP contribution in [0.4, 0.5) is 0 Å². The highest BCUT2D eigenvalue weighted by atomic mass is 16.2. The third-order valence-electron chi connectivity index (χ3n) is 10.8. The van der Waals surface area contributed by atoms with E-state index in [9.17, 15) is 28.8 Å². The number of nitrogens with two attached hydrogens (primary N) is 1. The van der Waals surface area contributed by atoms with Gasteiger partial charge in [-0.2, -0.15) is 0 Å². The van der Waals surface area contributed by atoms with Crippen LogP contribution in [0.5, 0.6) is 0 Å². The summed E-state index contributed by atoms with van der Waals surface area (Å²) in [5, 5.41) is 18.2. The molecule has 338 valence electrons. The largest absolute Gasteiger partial charge is 0.356 e.